The molecular weight excluding hydrogens is 468 g/mol. The lowest BCUT2D eigenvalue weighted by Crippen LogP contribution is -2.48. The molecule has 0 amide bonds. The highest BCUT2D eigenvalue weighted by Crippen LogP contribution is 2.66. The smallest absolute Gasteiger partial charge is 0.136 e. The summed E-state index contributed by atoms with van der Waals surface area (Å²) in [4.78, 5) is 16.7. The molecule has 0 bridgehead atoms. The van der Waals surface area contributed by atoms with Crippen LogP contribution < -0.4 is 9.80 Å². The molecular formula is C34H42N2O2. The van der Waals surface area contributed by atoms with E-state index in [9.17, 15) is 9.90 Å². The minimum absolute atomic E-state index is 0.0686. The van der Waals surface area contributed by atoms with Crippen molar-refractivity contribution in [1.29, 1.82) is 0 Å². The van der Waals surface area contributed by atoms with E-state index in [0.717, 1.165) is 25.7 Å². The third-order valence-corrected chi connectivity index (χ3v) is 10.3. The van der Waals surface area contributed by atoms with Crippen molar-refractivity contribution in [2.45, 2.75) is 63.4 Å². The van der Waals surface area contributed by atoms with E-state index >= 15 is 0 Å². The van der Waals surface area contributed by atoms with Gasteiger partial charge in [-0.05, 0) is 95.9 Å². The lowest BCUT2D eigenvalue weighted by Gasteiger charge is -2.54. The van der Waals surface area contributed by atoms with Crippen molar-refractivity contribution >= 4 is 22.7 Å². The molecule has 200 valence electrons. The molecule has 0 saturated heterocycles. The van der Waals surface area contributed by atoms with Crippen LogP contribution in [0.3, 0.4) is 0 Å². The number of allylic oxidation sites excluding steroid dienone is 3. The zero-order valence-corrected chi connectivity index (χ0v) is 23.6. The van der Waals surface area contributed by atoms with E-state index in [-0.39, 0.29) is 17.1 Å². The average Bonchev–Trinajstić information content (AvgIpc) is 3.24. The van der Waals surface area contributed by atoms with Gasteiger partial charge < -0.3 is 14.9 Å². The molecule has 0 aromatic heterocycles. The van der Waals surface area contributed by atoms with Gasteiger partial charge in [-0.1, -0.05) is 42.8 Å². The second kappa shape index (κ2) is 9.12. The molecule has 2 aromatic carbocycles. The second-order valence-corrected chi connectivity index (χ2v) is 12.9. The van der Waals surface area contributed by atoms with Crippen molar-refractivity contribution in [3.8, 4) is 0 Å². The summed E-state index contributed by atoms with van der Waals surface area (Å²) in [5, 5.41) is 11.8. The Morgan fingerprint density at radius 2 is 1.53 bits per heavy atom. The van der Waals surface area contributed by atoms with Crippen molar-refractivity contribution in [3.63, 3.8) is 0 Å². The molecule has 4 nitrogen and oxygen atoms in total. The largest absolute Gasteiger partial charge is 0.385 e. The van der Waals surface area contributed by atoms with Gasteiger partial charge in [0, 0.05) is 58.3 Å². The summed E-state index contributed by atoms with van der Waals surface area (Å²) in [6.07, 6.45) is 7.93. The molecule has 2 fully saturated rings. The quantitative estimate of drug-likeness (QED) is 0.470. The molecule has 4 aliphatic rings. The number of carbonyl (C=O) groups excluding carboxylic acids is 1. The van der Waals surface area contributed by atoms with Gasteiger partial charge in [0.2, 0.25) is 0 Å². The van der Waals surface area contributed by atoms with Gasteiger partial charge in [-0.3, -0.25) is 4.79 Å². The number of anilines is 2. The maximum atomic E-state index is 12.4. The van der Waals surface area contributed by atoms with E-state index in [2.05, 4.69) is 99.5 Å². The van der Waals surface area contributed by atoms with Crippen molar-refractivity contribution in [3.05, 3.63) is 76.9 Å². The minimum atomic E-state index is -0.937. The normalized spacial score (nSPS) is 32.3. The first-order chi connectivity index (χ1) is 18.1. The van der Waals surface area contributed by atoms with Gasteiger partial charge in [0.1, 0.15) is 5.78 Å². The standard InChI is InChI=1S/C34H42N2O2/c1-33-21-28(22-6-10-24(11-7-22)35(2)3)32-27(18-19-34(38)20-26(37)14-15-31(32)34)30(33)17-16-29(33)23-8-12-25(13-9-23)36(4)5/h6-13,16,27-28,30,38H,14-15,17-21H2,1-5H3/t27-,28+,30-,33+,34+/m0/s1. The van der Waals surface area contributed by atoms with Crippen LogP contribution in [0.25, 0.3) is 5.57 Å². The van der Waals surface area contributed by atoms with Gasteiger partial charge in [0.25, 0.3) is 0 Å². The number of rotatable bonds is 4. The van der Waals surface area contributed by atoms with E-state index in [0.29, 0.717) is 31.1 Å². The first kappa shape index (κ1) is 25.4. The maximum absolute atomic E-state index is 12.4. The molecule has 4 heteroatoms. The Hall–Kier alpha value is -2.85. The van der Waals surface area contributed by atoms with Crippen LogP contribution in [0.2, 0.25) is 0 Å². The second-order valence-electron chi connectivity index (χ2n) is 12.9. The third kappa shape index (κ3) is 3.95. The predicted octanol–water partition coefficient (Wildman–Crippen LogP) is 6.61. The molecule has 0 heterocycles. The molecule has 2 saturated carbocycles. The number of carbonyl (C=O) groups is 1. The highest BCUT2D eigenvalue weighted by molar-refractivity contribution is 5.82. The van der Waals surface area contributed by atoms with Gasteiger partial charge in [-0.25, -0.2) is 0 Å². The molecule has 38 heavy (non-hydrogen) atoms. The SMILES string of the molecule is CN(C)c1ccc(C2=CC[C@H]3[C@@H]4CC[C@@]5(O)CC(=O)CCC5=C4[C@@H](c4ccc(N(C)C)cc4)C[C@]23C)cc1. The summed E-state index contributed by atoms with van der Waals surface area (Å²) in [6, 6.07) is 18.1. The van der Waals surface area contributed by atoms with E-state index in [4.69, 9.17) is 0 Å². The van der Waals surface area contributed by atoms with Crippen LogP contribution in [0, 0.1) is 17.3 Å². The average molecular weight is 511 g/mol. The summed E-state index contributed by atoms with van der Waals surface area (Å²) in [6.45, 7) is 2.50. The minimum Gasteiger partial charge on any atom is -0.385 e. The molecule has 1 N–H and O–H groups in total. The summed E-state index contributed by atoms with van der Waals surface area (Å²) in [5.41, 5.74) is 8.42. The van der Waals surface area contributed by atoms with E-state index in [1.165, 1.54) is 39.2 Å². The van der Waals surface area contributed by atoms with E-state index in [1.807, 2.05) is 0 Å². The first-order valence-electron chi connectivity index (χ1n) is 14.3. The van der Waals surface area contributed by atoms with Gasteiger partial charge in [-0.2, -0.15) is 0 Å². The van der Waals surface area contributed by atoms with E-state index in [1.54, 1.807) is 0 Å². The lowest BCUT2D eigenvalue weighted by molar-refractivity contribution is -0.125. The Morgan fingerprint density at radius 1 is 0.895 bits per heavy atom. The van der Waals surface area contributed by atoms with Crippen LogP contribution >= 0.6 is 0 Å². The summed E-state index contributed by atoms with van der Waals surface area (Å²) < 4.78 is 0. The van der Waals surface area contributed by atoms with Crippen molar-refractivity contribution in [2.75, 3.05) is 38.0 Å². The van der Waals surface area contributed by atoms with Crippen molar-refractivity contribution < 1.29 is 9.90 Å². The molecule has 2 aromatic rings. The van der Waals surface area contributed by atoms with Gasteiger partial charge >= 0.3 is 0 Å². The molecule has 0 spiro atoms. The molecule has 0 aliphatic heterocycles. The number of benzene rings is 2. The lowest BCUT2D eigenvalue weighted by atomic mass is 9.50. The fourth-order valence-electron chi connectivity index (χ4n) is 8.36. The number of ketones is 1. The third-order valence-electron chi connectivity index (χ3n) is 10.3. The Labute approximate surface area is 228 Å². The Balaban J connectivity index is 1.46. The van der Waals surface area contributed by atoms with Crippen molar-refractivity contribution in [1.82, 2.24) is 0 Å². The Bertz CT molecular complexity index is 1300. The van der Waals surface area contributed by atoms with Crippen LogP contribution in [-0.2, 0) is 4.79 Å². The molecule has 4 aliphatic carbocycles. The van der Waals surface area contributed by atoms with Crippen LogP contribution in [0.4, 0.5) is 11.4 Å². The van der Waals surface area contributed by atoms with Gasteiger partial charge in [-0.15, -0.1) is 0 Å². The first-order valence-corrected chi connectivity index (χ1v) is 14.3. The van der Waals surface area contributed by atoms with Crippen LogP contribution in [0.15, 0.2) is 65.8 Å². The zero-order chi connectivity index (χ0) is 26.8. The van der Waals surface area contributed by atoms with Crippen molar-refractivity contribution in [2.24, 2.45) is 17.3 Å². The van der Waals surface area contributed by atoms with Crippen LogP contribution in [0.5, 0.6) is 0 Å². The topological polar surface area (TPSA) is 43.8 Å². The number of fused-ring (bicyclic) bond motifs is 4. The molecule has 0 radical (unpaired) electrons. The molecule has 0 unspecified atom stereocenters. The van der Waals surface area contributed by atoms with Crippen LogP contribution in [0.1, 0.15) is 68.9 Å². The Morgan fingerprint density at radius 3 is 2.16 bits per heavy atom. The number of hydrogen-bond donors (Lipinski definition) is 1. The summed E-state index contributed by atoms with van der Waals surface area (Å²) >= 11 is 0. The predicted molar refractivity (Wildman–Crippen MR) is 157 cm³/mol. The van der Waals surface area contributed by atoms with Gasteiger partial charge in [0.15, 0.2) is 0 Å². The summed E-state index contributed by atoms with van der Waals surface area (Å²) in [5.74, 6) is 1.46. The van der Waals surface area contributed by atoms with Crippen LogP contribution in [-0.4, -0.2) is 44.7 Å². The highest BCUT2D eigenvalue weighted by Gasteiger charge is 2.56. The molecule has 6 rings (SSSR count). The number of aliphatic hydroxyl groups is 1. The highest BCUT2D eigenvalue weighted by atomic mass is 16.3. The summed E-state index contributed by atoms with van der Waals surface area (Å²) in [7, 11) is 8.35. The molecule has 5 atom stereocenters. The number of hydrogen-bond acceptors (Lipinski definition) is 4. The Kier molecular flexibility index (Phi) is 6.10. The maximum Gasteiger partial charge on any atom is 0.136 e. The van der Waals surface area contributed by atoms with E-state index < -0.39 is 5.60 Å². The fourth-order valence-corrected chi connectivity index (χ4v) is 8.36. The monoisotopic (exact) mass is 510 g/mol. The zero-order valence-electron chi connectivity index (χ0n) is 23.6. The fraction of sp³-hybridized carbons (Fsp3) is 0.500. The van der Waals surface area contributed by atoms with Gasteiger partial charge in [0.05, 0.1) is 5.60 Å². The number of Topliss-reactive ketones (excluding diaryl/α,β-unsaturated/α-hetero) is 1. The number of nitrogens with zero attached hydrogens (tertiary/aromatic N) is 2.